The van der Waals surface area contributed by atoms with Gasteiger partial charge in [-0.05, 0) is 36.6 Å². The first-order chi connectivity index (χ1) is 12.5. The van der Waals surface area contributed by atoms with Crippen molar-refractivity contribution in [3.8, 4) is 11.5 Å². The van der Waals surface area contributed by atoms with E-state index < -0.39 is 5.97 Å². The summed E-state index contributed by atoms with van der Waals surface area (Å²) in [7, 11) is 1.50. The molecule has 0 saturated carbocycles. The van der Waals surface area contributed by atoms with Gasteiger partial charge in [-0.3, -0.25) is 4.79 Å². The molecule has 5 nitrogen and oxygen atoms in total. The molecule has 1 N–H and O–H groups in total. The second-order valence-corrected chi connectivity index (χ2v) is 5.84. The van der Waals surface area contributed by atoms with Crippen LogP contribution in [0.3, 0.4) is 0 Å². The molecule has 0 aromatic heterocycles. The Morgan fingerprint density at radius 3 is 2.54 bits per heavy atom. The Morgan fingerprint density at radius 1 is 1.04 bits per heavy atom. The molecule has 0 aliphatic heterocycles. The summed E-state index contributed by atoms with van der Waals surface area (Å²) >= 11 is 0. The number of carbonyl (C=O) groups excluding carboxylic acids is 2. The van der Waals surface area contributed by atoms with Crippen molar-refractivity contribution >= 4 is 22.5 Å². The van der Waals surface area contributed by atoms with E-state index in [9.17, 15) is 14.7 Å². The Hall–Kier alpha value is -3.34. The van der Waals surface area contributed by atoms with Crippen LogP contribution >= 0.6 is 0 Å². The molecule has 132 valence electrons. The zero-order valence-corrected chi connectivity index (χ0v) is 14.5. The fourth-order valence-corrected chi connectivity index (χ4v) is 2.75. The van der Waals surface area contributed by atoms with Crippen molar-refractivity contribution in [1.82, 2.24) is 0 Å². The van der Waals surface area contributed by atoms with Gasteiger partial charge >= 0.3 is 5.97 Å². The Morgan fingerprint density at radius 2 is 1.81 bits per heavy atom. The van der Waals surface area contributed by atoms with Crippen LogP contribution in [0.1, 0.15) is 33.2 Å². The van der Waals surface area contributed by atoms with Crippen LogP contribution in [0.4, 0.5) is 0 Å². The molecule has 0 fully saturated rings. The second kappa shape index (κ2) is 7.27. The molecule has 0 aliphatic rings. The number of esters is 1. The summed E-state index contributed by atoms with van der Waals surface area (Å²) in [4.78, 5) is 24.0. The third kappa shape index (κ3) is 3.37. The Bertz CT molecular complexity index is 991. The number of Topliss-reactive ketones (excluding diaryl/α,β-unsaturated/α-hetero) is 1. The van der Waals surface area contributed by atoms with Crippen molar-refractivity contribution < 1.29 is 24.2 Å². The van der Waals surface area contributed by atoms with Crippen LogP contribution in [0.25, 0.3) is 10.8 Å². The molecule has 0 amide bonds. The molecule has 26 heavy (non-hydrogen) atoms. The average molecular weight is 350 g/mol. The maximum Gasteiger partial charge on any atom is 0.342 e. The molecule has 3 aromatic rings. The predicted molar refractivity (Wildman–Crippen MR) is 97.7 cm³/mol. The first kappa shape index (κ1) is 17.5. The first-order valence-corrected chi connectivity index (χ1v) is 8.07. The van der Waals surface area contributed by atoms with Crippen LogP contribution in [0.15, 0.2) is 54.6 Å². The Labute approximate surface area is 150 Å². The van der Waals surface area contributed by atoms with E-state index in [1.165, 1.54) is 20.1 Å². The van der Waals surface area contributed by atoms with Crippen molar-refractivity contribution in [3.05, 3.63) is 71.3 Å². The van der Waals surface area contributed by atoms with Crippen LogP contribution in [-0.2, 0) is 11.3 Å². The fraction of sp³-hybridized carbons (Fsp3) is 0.143. The number of aromatic hydroxyl groups is 1. The van der Waals surface area contributed by atoms with E-state index in [1.54, 1.807) is 36.4 Å². The summed E-state index contributed by atoms with van der Waals surface area (Å²) in [5.74, 6) is -0.334. The van der Waals surface area contributed by atoms with Gasteiger partial charge in [0.15, 0.2) is 5.78 Å². The van der Waals surface area contributed by atoms with Crippen molar-refractivity contribution in [1.29, 1.82) is 0 Å². The predicted octanol–water partition coefficient (Wildman–Crippen LogP) is 4.11. The number of rotatable bonds is 5. The van der Waals surface area contributed by atoms with Gasteiger partial charge in [-0.1, -0.05) is 30.3 Å². The highest BCUT2D eigenvalue weighted by atomic mass is 16.5. The quantitative estimate of drug-likeness (QED) is 0.554. The van der Waals surface area contributed by atoms with Gasteiger partial charge in [0.1, 0.15) is 23.7 Å². The molecule has 0 unspecified atom stereocenters. The summed E-state index contributed by atoms with van der Waals surface area (Å²) in [6, 6.07) is 15.5. The summed E-state index contributed by atoms with van der Waals surface area (Å²) in [5, 5.41) is 11.8. The monoisotopic (exact) mass is 350 g/mol. The van der Waals surface area contributed by atoms with Crippen LogP contribution < -0.4 is 4.74 Å². The molecule has 0 spiro atoms. The highest BCUT2D eigenvalue weighted by Crippen LogP contribution is 2.29. The van der Waals surface area contributed by atoms with E-state index in [1.807, 2.05) is 12.1 Å². The Balaban J connectivity index is 1.84. The molecule has 0 saturated heterocycles. The lowest BCUT2D eigenvalue weighted by atomic mass is 10.1. The molecular weight excluding hydrogens is 332 g/mol. The number of hydrogen-bond donors (Lipinski definition) is 1. The van der Waals surface area contributed by atoms with Gasteiger partial charge in [-0.15, -0.1) is 0 Å². The Kier molecular flexibility index (Phi) is 4.89. The molecular formula is C21H18O5. The topological polar surface area (TPSA) is 72.8 Å². The highest BCUT2D eigenvalue weighted by Gasteiger charge is 2.16. The van der Waals surface area contributed by atoms with E-state index in [0.29, 0.717) is 22.3 Å². The zero-order chi connectivity index (χ0) is 18.7. The van der Waals surface area contributed by atoms with Gasteiger partial charge in [0.25, 0.3) is 0 Å². The third-order valence-corrected chi connectivity index (χ3v) is 4.17. The number of carbonyl (C=O) groups is 2. The first-order valence-electron chi connectivity index (χ1n) is 8.07. The van der Waals surface area contributed by atoms with Gasteiger partial charge in [0.2, 0.25) is 0 Å². The van der Waals surface area contributed by atoms with Crippen molar-refractivity contribution in [3.63, 3.8) is 0 Å². The summed E-state index contributed by atoms with van der Waals surface area (Å²) < 4.78 is 10.6. The van der Waals surface area contributed by atoms with Crippen molar-refractivity contribution in [2.45, 2.75) is 13.5 Å². The SMILES string of the molecule is COc1ccc(C(C)=O)cc1COC(=O)c1ccc2ccccc2c1O. The minimum atomic E-state index is -0.650. The van der Waals surface area contributed by atoms with Gasteiger partial charge in [0, 0.05) is 16.5 Å². The number of ketones is 1. The molecule has 3 rings (SSSR count). The third-order valence-electron chi connectivity index (χ3n) is 4.17. The van der Waals surface area contributed by atoms with Crippen molar-refractivity contribution in [2.75, 3.05) is 7.11 Å². The number of benzene rings is 3. The molecule has 0 heterocycles. The van der Waals surface area contributed by atoms with Crippen LogP contribution in [-0.4, -0.2) is 24.0 Å². The molecule has 0 radical (unpaired) electrons. The van der Waals surface area contributed by atoms with Crippen LogP contribution in [0.5, 0.6) is 11.5 Å². The van der Waals surface area contributed by atoms with Gasteiger partial charge in [-0.2, -0.15) is 0 Å². The number of hydrogen-bond acceptors (Lipinski definition) is 5. The minimum absolute atomic E-state index is 0.0740. The molecule has 3 aromatic carbocycles. The van der Waals surface area contributed by atoms with E-state index in [0.717, 1.165) is 5.39 Å². The van der Waals surface area contributed by atoms with E-state index in [4.69, 9.17) is 9.47 Å². The molecule has 0 aliphatic carbocycles. The number of phenolic OH excluding ortho intramolecular Hbond substituents is 1. The molecule has 0 bridgehead atoms. The van der Waals surface area contributed by atoms with Gasteiger partial charge < -0.3 is 14.6 Å². The number of phenols is 1. The number of methoxy groups -OCH3 is 1. The van der Waals surface area contributed by atoms with Crippen molar-refractivity contribution in [2.24, 2.45) is 0 Å². The maximum atomic E-state index is 12.4. The summed E-state index contributed by atoms with van der Waals surface area (Å²) in [5.41, 5.74) is 1.17. The summed E-state index contributed by atoms with van der Waals surface area (Å²) in [6.07, 6.45) is 0. The lowest BCUT2D eigenvalue weighted by molar-refractivity contribution is 0.0467. The van der Waals surface area contributed by atoms with Gasteiger partial charge in [-0.25, -0.2) is 4.79 Å². The van der Waals surface area contributed by atoms with E-state index in [2.05, 4.69) is 0 Å². The van der Waals surface area contributed by atoms with Crippen LogP contribution in [0.2, 0.25) is 0 Å². The minimum Gasteiger partial charge on any atom is -0.506 e. The molecule has 5 heteroatoms. The maximum absolute atomic E-state index is 12.4. The lowest BCUT2D eigenvalue weighted by Crippen LogP contribution is -2.07. The summed E-state index contributed by atoms with van der Waals surface area (Å²) in [6.45, 7) is 1.39. The van der Waals surface area contributed by atoms with E-state index >= 15 is 0 Å². The largest absolute Gasteiger partial charge is 0.506 e. The fourth-order valence-electron chi connectivity index (χ4n) is 2.75. The second-order valence-electron chi connectivity index (χ2n) is 5.84. The standard InChI is InChI=1S/C21H18O5/c1-13(22)15-8-10-19(25-2)16(11-15)12-26-21(24)18-9-7-14-5-3-4-6-17(14)20(18)23/h3-11,23H,12H2,1-2H3. The number of fused-ring (bicyclic) bond motifs is 1. The lowest BCUT2D eigenvalue weighted by Gasteiger charge is -2.12. The highest BCUT2D eigenvalue weighted by molar-refractivity contribution is 6.01. The van der Waals surface area contributed by atoms with E-state index in [-0.39, 0.29) is 23.7 Å². The number of ether oxygens (including phenoxy) is 2. The van der Waals surface area contributed by atoms with Gasteiger partial charge in [0.05, 0.1) is 7.11 Å². The zero-order valence-electron chi connectivity index (χ0n) is 14.5. The molecule has 0 atom stereocenters. The normalized spacial score (nSPS) is 10.5. The smallest absolute Gasteiger partial charge is 0.342 e. The van der Waals surface area contributed by atoms with Crippen LogP contribution in [0, 0.1) is 0 Å². The average Bonchev–Trinajstić information content (AvgIpc) is 2.66.